The molecule has 0 aliphatic heterocycles. The van der Waals surface area contributed by atoms with Crippen LogP contribution in [0, 0.1) is 11.3 Å². The molecule has 1 N–H and O–H groups in total. The van der Waals surface area contributed by atoms with Crippen LogP contribution >= 0.6 is 34.8 Å². The number of hydrogen-bond acceptors (Lipinski definition) is 1. The van der Waals surface area contributed by atoms with Crippen LogP contribution in [0.15, 0.2) is 35.9 Å². The quantitative estimate of drug-likeness (QED) is 0.608. The second kappa shape index (κ2) is 5.81. The van der Waals surface area contributed by atoms with Gasteiger partial charge in [-0.3, -0.25) is 0 Å². The lowest BCUT2D eigenvalue weighted by molar-refractivity contribution is 0.153. The fourth-order valence-corrected chi connectivity index (χ4v) is 4.20. The number of hydrogen-bond donors (Lipinski definition) is 1. The molecule has 0 spiro atoms. The Morgan fingerprint density at radius 2 is 1.74 bits per heavy atom. The van der Waals surface area contributed by atoms with Gasteiger partial charge in [-0.2, -0.15) is 0 Å². The standard InChI is InChI=1S/C19H21Cl3O/c1-4-18(2)7-5-11(6-8-18)15-16(19(15,3)23)12-9-13(20)17(22)14(21)10-12/h5-7,9-10,15-16,23H,4,8H2,1-3H3. The zero-order valence-corrected chi connectivity index (χ0v) is 15.8. The first kappa shape index (κ1) is 17.4. The maximum Gasteiger partial charge on any atom is 0.0778 e. The predicted octanol–water partition coefficient (Wildman–Crippen LogP) is 6.41. The van der Waals surface area contributed by atoms with E-state index in [4.69, 9.17) is 34.8 Å². The van der Waals surface area contributed by atoms with Crippen LogP contribution in [0.1, 0.15) is 45.1 Å². The van der Waals surface area contributed by atoms with Gasteiger partial charge in [0.25, 0.3) is 0 Å². The van der Waals surface area contributed by atoms with Gasteiger partial charge in [0.15, 0.2) is 0 Å². The molecular formula is C19H21Cl3O. The van der Waals surface area contributed by atoms with Crippen LogP contribution in [-0.4, -0.2) is 10.7 Å². The smallest absolute Gasteiger partial charge is 0.0778 e. The molecular weight excluding hydrogens is 351 g/mol. The van der Waals surface area contributed by atoms with E-state index in [1.807, 2.05) is 19.1 Å². The highest BCUT2D eigenvalue weighted by Crippen LogP contribution is 2.62. The van der Waals surface area contributed by atoms with Crippen LogP contribution in [0.4, 0.5) is 0 Å². The van der Waals surface area contributed by atoms with Crippen molar-refractivity contribution in [2.45, 2.75) is 45.1 Å². The summed E-state index contributed by atoms with van der Waals surface area (Å²) in [5.41, 5.74) is 1.59. The van der Waals surface area contributed by atoms with Crippen LogP contribution < -0.4 is 0 Å². The van der Waals surface area contributed by atoms with Crippen molar-refractivity contribution >= 4 is 34.8 Å². The third kappa shape index (κ3) is 2.98. The number of aliphatic hydroxyl groups is 1. The first-order valence-corrected chi connectivity index (χ1v) is 9.09. The van der Waals surface area contributed by atoms with Gasteiger partial charge in [0.05, 0.1) is 20.7 Å². The second-order valence-electron chi connectivity index (χ2n) is 7.23. The lowest BCUT2D eigenvalue weighted by atomic mass is 9.79. The predicted molar refractivity (Wildman–Crippen MR) is 98.6 cm³/mol. The first-order chi connectivity index (χ1) is 10.7. The van der Waals surface area contributed by atoms with E-state index in [0.29, 0.717) is 15.1 Å². The summed E-state index contributed by atoms with van der Waals surface area (Å²) in [6, 6.07) is 3.64. The van der Waals surface area contributed by atoms with Crippen molar-refractivity contribution in [2.24, 2.45) is 11.3 Å². The van der Waals surface area contributed by atoms with Gasteiger partial charge in [0, 0.05) is 11.8 Å². The van der Waals surface area contributed by atoms with Crippen LogP contribution in [0.2, 0.25) is 15.1 Å². The minimum atomic E-state index is -0.781. The Bertz CT molecular complexity index is 682. The van der Waals surface area contributed by atoms with Gasteiger partial charge in [-0.05, 0) is 48.4 Å². The third-order valence-electron chi connectivity index (χ3n) is 5.50. The zero-order valence-electron chi connectivity index (χ0n) is 13.5. The molecule has 0 radical (unpaired) electrons. The lowest BCUT2D eigenvalue weighted by Crippen LogP contribution is -2.14. The summed E-state index contributed by atoms with van der Waals surface area (Å²) in [5.74, 6) is 0.0742. The van der Waals surface area contributed by atoms with Crippen molar-refractivity contribution in [2.75, 3.05) is 0 Å². The fraction of sp³-hybridized carbons (Fsp3) is 0.474. The molecule has 0 bridgehead atoms. The molecule has 0 saturated heterocycles. The molecule has 2 aliphatic carbocycles. The highest BCUT2D eigenvalue weighted by molar-refractivity contribution is 6.48. The molecule has 3 rings (SSSR count). The number of halogens is 3. The second-order valence-corrected chi connectivity index (χ2v) is 8.42. The summed E-state index contributed by atoms with van der Waals surface area (Å²) in [6.45, 7) is 6.34. The van der Waals surface area contributed by atoms with E-state index in [2.05, 4.69) is 32.1 Å². The van der Waals surface area contributed by atoms with E-state index in [9.17, 15) is 5.11 Å². The van der Waals surface area contributed by atoms with Crippen LogP contribution in [-0.2, 0) is 0 Å². The van der Waals surface area contributed by atoms with Gasteiger partial charge in [0.2, 0.25) is 0 Å². The summed E-state index contributed by atoms with van der Waals surface area (Å²) in [7, 11) is 0. The van der Waals surface area contributed by atoms with Crippen molar-refractivity contribution in [3.8, 4) is 0 Å². The molecule has 4 atom stereocenters. The maximum atomic E-state index is 10.8. The van der Waals surface area contributed by atoms with Gasteiger partial charge in [-0.1, -0.05) is 66.9 Å². The maximum absolute atomic E-state index is 10.8. The van der Waals surface area contributed by atoms with Gasteiger partial charge < -0.3 is 5.11 Å². The first-order valence-electron chi connectivity index (χ1n) is 7.96. The molecule has 2 aliphatic rings. The molecule has 0 heterocycles. The lowest BCUT2D eigenvalue weighted by Gasteiger charge is -2.26. The van der Waals surface area contributed by atoms with E-state index in [0.717, 1.165) is 18.4 Å². The average molecular weight is 372 g/mol. The van der Waals surface area contributed by atoms with Crippen LogP contribution in [0.5, 0.6) is 0 Å². The minimum Gasteiger partial charge on any atom is -0.389 e. The molecule has 1 saturated carbocycles. The van der Waals surface area contributed by atoms with Crippen molar-refractivity contribution in [3.05, 3.63) is 56.6 Å². The van der Waals surface area contributed by atoms with Gasteiger partial charge in [-0.15, -0.1) is 0 Å². The van der Waals surface area contributed by atoms with E-state index in [1.54, 1.807) is 0 Å². The Kier molecular flexibility index (Phi) is 4.38. The Balaban J connectivity index is 1.88. The summed E-state index contributed by atoms with van der Waals surface area (Å²) >= 11 is 18.3. The fourth-order valence-electron chi connectivity index (χ4n) is 3.59. The number of rotatable bonds is 3. The highest BCUT2D eigenvalue weighted by atomic mass is 35.5. The Morgan fingerprint density at radius 1 is 1.13 bits per heavy atom. The molecule has 0 aromatic heterocycles. The molecule has 1 aromatic rings. The monoisotopic (exact) mass is 370 g/mol. The summed E-state index contributed by atoms with van der Waals surface area (Å²) in [6.07, 6.45) is 8.83. The number of benzene rings is 1. The van der Waals surface area contributed by atoms with Crippen molar-refractivity contribution < 1.29 is 5.11 Å². The van der Waals surface area contributed by atoms with E-state index < -0.39 is 5.60 Å². The highest BCUT2D eigenvalue weighted by Gasteiger charge is 2.62. The SMILES string of the molecule is CCC1(C)C=CC(C2C(c3cc(Cl)c(Cl)c(Cl)c3)C2(C)O)=CC1. The van der Waals surface area contributed by atoms with Crippen molar-refractivity contribution in [1.29, 1.82) is 0 Å². The Labute approximate surface area is 152 Å². The zero-order chi connectivity index (χ0) is 17.0. The topological polar surface area (TPSA) is 20.2 Å². The molecule has 1 aromatic carbocycles. The third-order valence-corrected chi connectivity index (χ3v) is 6.69. The van der Waals surface area contributed by atoms with E-state index >= 15 is 0 Å². The Hall–Kier alpha value is -0.470. The van der Waals surface area contributed by atoms with Crippen molar-refractivity contribution in [3.63, 3.8) is 0 Å². The van der Waals surface area contributed by atoms with Gasteiger partial charge in [-0.25, -0.2) is 0 Å². The van der Waals surface area contributed by atoms with Crippen LogP contribution in [0.25, 0.3) is 0 Å². The van der Waals surface area contributed by atoms with Gasteiger partial charge in [0.1, 0.15) is 0 Å². The normalized spacial score (nSPS) is 36.0. The molecule has 4 unspecified atom stereocenters. The molecule has 1 nitrogen and oxygen atoms in total. The van der Waals surface area contributed by atoms with Gasteiger partial charge >= 0.3 is 0 Å². The molecule has 4 heteroatoms. The summed E-state index contributed by atoms with van der Waals surface area (Å²) in [5, 5.41) is 12.0. The molecule has 124 valence electrons. The van der Waals surface area contributed by atoms with E-state index in [1.165, 1.54) is 5.57 Å². The molecule has 23 heavy (non-hydrogen) atoms. The molecule has 1 fully saturated rings. The summed E-state index contributed by atoms with van der Waals surface area (Å²) < 4.78 is 0. The summed E-state index contributed by atoms with van der Waals surface area (Å²) in [4.78, 5) is 0. The number of allylic oxidation sites excluding steroid dienone is 3. The average Bonchev–Trinajstić information content (AvgIpc) is 3.07. The minimum absolute atomic E-state index is 0.00310. The van der Waals surface area contributed by atoms with E-state index in [-0.39, 0.29) is 17.3 Å². The Morgan fingerprint density at radius 3 is 2.22 bits per heavy atom. The molecule has 0 amide bonds. The largest absolute Gasteiger partial charge is 0.389 e. The van der Waals surface area contributed by atoms with Crippen molar-refractivity contribution in [1.82, 2.24) is 0 Å². The van der Waals surface area contributed by atoms with Crippen LogP contribution in [0.3, 0.4) is 0 Å².